The van der Waals surface area contributed by atoms with E-state index < -0.39 is 30.1 Å². The number of ether oxygens (including phenoxy) is 2. The maximum Gasteiger partial charge on any atom is 0.334 e. The van der Waals surface area contributed by atoms with E-state index in [-0.39, 0.29) is 24.2 Å². The lowest BCUT2D eigenvalue weighted by Crippen LogP contribution is -2.34. The minimum atomic E-state index is -0.793. The van der Waals surface area contributed by atoms with Crippen LogP contribution in [0.1, 0.15) is 26.2 Å². The first-order valence-electron chi connectivity index (χ1n) is 8.08. The Bertz CT molecular complexity index is 669. The van der Waals surface area contributed by atoms with Crippen molar-refractivity contribution in [3.05, 3.63) is 47.6 Å². The number of aliphatic hydroxyl groups excluding tert-OH is 1. The van der Waals surface area contributed by atoms with Crippen LogP contribution in [-0.4, -0.2) is 42.1 Å². The number of esters is 2. The van der Waals surface area contributed by atoms with Gasteiger partial charge in [0.15, 0.2) is 0 Å². The highest BCUT2D eigenvalue weighted by Gasteiger charge is 2.44. The monoisotopic (exact) mass is 346 g/mol. The van der Waals surface area contributed by atoms with Gasteiger partial charge in [0.1, 0.15) is 18.5 Å². The summed E-state index contributed by atoms with van der Waals surface area (Å²) in [6.45, 7) is 8.65. The van der Waals surface area contributed by atoms with Crippen molar-refractivity contribution in [3.8, 4) is 0 Å². The highest BCUT2D eigenvalue weighted by atomic mass is 16.6. The third-order valence-electron chi connectivity index (χ3n) is 4.33. The number of carbonyl (C=O) groups excluding carboxylic acids is 3. The van der Waals surface area contributed by atoms with E-state index in [1.54, 1.807) is 12.2 Å². The first kappa shape index (κ1) is 18.9. The molecule has 1 heterocycles. The van der Waals surface area contributed by atoms with Crippen LogP contribution in [-0.2, 0) is 23.9 Å². The third kappa shape index (κ3) is 4.33. The van der Waals surface area contributed by atoms with Crippen molar-refractivity contribution in [1.82, 2.24) is 0 Å². The van der Waals surface area contributed by atoms with Gasteiger partial charge in [0.2, 0.25) is 0 Å². The van der Waals surface area contributed by atoms with E-state index >= 15 is 0 Å². The van der Waals surface area contributed by atoms with E-state index in [0.29, 0.717) is 30.3 Å². The molecule has 2 rings (SSSR count). The molecule has 0 aromatic rings. The number of aldehydes is 1. The smallest absolute Gasteiger partial charge is 0.334 e. The van der Waals surface area contributed by atoms with Crippen molar-refractivity contribution >= 4 is 18.2 Å². The Hall–Kier alpha value is -2.47. The van der Waals surface area contributed by atoms with Crippen LogP contribution in [0.15, 0.2) is 47.6 Å². The van der Waals surface area contributed by atoms with Crippen LogP contribution in [0, 0.1) is 5.92 Å². The summed E-state index contributed by atoms with van der Waals surface area (Å²) in [5.74, 6) is -1.81. The quantitative estimate of drug-likeness (QED) is 0.361. The molecule has 1 aliphatic carbocycles. The fourth-order valence-electron chi connectivity index (χ4n) is 2.96. The largest absolute Gasteiger partial charge is 0.458 e. The van der Waals surface area contributed by atoms with Gasteiger partial charge in [0, 0.05) is 17.6 Å². The molecule has 1 fully saturated rings. The normalized spacial score (nSPS) is 30.9. The van der Waals surface area contributed by atoms with Crippen molar-refractivity contribution in [2.75, 3.05) is 6.61 Å². The van der Waals surface area contributed by atoms with Gasteiger partial charge in [-0.15, -0.1) is 0 Å². The summed E-state index contributed by atoms with van der Waals surface area (Å²) in [6.07, 6.45) is 3.89. The highest BCUT2D eigenvalue weighted by molar-refractivity contribution is 5.92. The lowest BCUT2D eigenvalue weighted by molar-refractivity contribution is -0.147. The summed E-state index contributed by atoms with van der Waals surface area (Å²) < 4.78 is 10.8. The SMILES string of the molecule is C=C(C)C(=O)O[C@@H]1C/C(C=O)=C/CC/C(CO)=C/[C@H]2OC(=O)C(=C)[C@@H]21. The van der Waals surface area contributed by atoms with Crippen molar-refractivity contribution in [2.45, 2.75) is 38.4 Å². The molecule has 134 valence electrons. The summed E-state index contributed by atoms with van der Waals surface area (Å²) >= 11 is 0. The molecule has 0 spiro atoms. The Balaban J connectivity index is 2.45. The van der Waals surface area contributed by atoms with Crippen LogP contribution in [0.25, 0.3) is 0 Å². The Morgan fingerprint density at radius 2 is 2.24 bits per heavy atom. The standard InChI is InChI=1S/C19H22O6/c1-11(2)18(22)24-15-7-13(9-20)5-4-6-14(10-21)8-16-17(15)12(3)19(23)25-16/h5,8-9,15-17,21H,1,3-4,6-7,10H2,2H3/b13-5-,14-8-/t15-,16-,17-/m1/s1. The van der Waals surface area contributed by atoms with Gasteiger partial charge in [-0.2, -0.15) is 0 Å². The van der Waals surface area contributed by atoms with Crippen LogP contribution in [0.2, 0.25) is 0 Å². The predicted octanol–water partition coefficient (Wildman–Crippen LogP) is 1.80. The van der Waals surface area contributed by atoms with Crippen molar-refractivity contribution < 1.29 is 29.0 Å². The second kappa shape index (κ2) is 8.07. The highest BCUT2D eigenvalue weighted by Crippen LogP contribution is 2.36. The third-order valence-corrected chi connectivity index (χ3v) is 4.33. The van der Waals surface area contributed by atoms with Crippen molar-refractivity contribution in [1.29, 1.82) is 0 Å². The number of rotatable bonds is 4. The maximum atomic E-state index is 12.0. The topological polar surface area (TPSA) is 89.9 Å². The minimum absolute atomic E-state index is 0.154. The Morgan fingerprint density at radius 3 is 2.84 bits per heavy atom. The van der Waals surface area contributed by atoms with Gasteiger partial charge < -0.3 is 14.6 Å². The zero-order valence-corrected chi connectivity index (χ0v) is 14.2. The van der Waals surface area contributed by atoms with Gasteiger partial charge in [-0.25, -0.2) is 9.59 Å². The Labute approximate surface area is 146 Å². The molecule has 1 aliphatic heterocycles. The molecule has 1 N–H and O–H groups in total. The zero-order chi connectivity index (χ0) is 18.6. The van der Waals surface area contributed by atoms with E-state index in [9.17, 15) is 19.5 Å². The van der Waals surface area contributed by atoms with Crippen LogP contribution >= 0.6 is 0 Å². The molecular formula is C19H22O6. The second-order valence-corrected chi connectivity index (χ2v) is 6.27. The van der Waals surface area contributed by atoms with Gasteiger partial charge in [-0.05, 0) is 37.0 Å². The van der Waals surface area contributed by atoms with Crippen LogP contribution in [0.3, 0.4) is 0 Å². The number of allylic oxidation sites excluding steroid dienone is 1. The maximum absolute atomic E-state index is 12.0. The molecule has 0 amide bonds. The zero-order valence-electron chi connectivity index (χ0n) is 14.2. The molecule has 0 aromatic carbocycles. The summed E-state index contributed by atoms with van der Waals surface area (Å²) in [7, 11) is 0. The molecule has 0 saturated carbocycles. The first-order chi connectivity index (χ1) is 11.9. The van der Waals surface area contributed by atoms with Crippen LogP contribution < -0.4 is 0 Å². The summed E-state index contributed by atoms with van der Waals surface area (Å²) in [6, 6.07) is 0. The van der Waals surface area contributed by atoms with E-state index in [1.807, 2.05) is 0 Å². The van der Waals surface area contributed by atoms with E-state index in [1.165, 1.54) is 6.92 Å². The minimum Gasteiger partial charge on any atom is -0.458 e. The van der Waals surface area contributed by atoms with E-state index in [0.717, 1.165) is 0 Å². The molecule has 0 unspecified atom stereocenters. The van der Waals surface area contributed by atoms with Gasteiger partial charge >= 0.3 is 11.9 Å². The predicted molar refractivity (Wildman–Crippen MR) is 90.4 cm³/mol. The molecule has 0 aromatic heterocycles. The van der Waals surface area contributed by atoms with Gasteiger partial charge in [0.05, 0.1) is 12.5 Å². The summed E-state index contributed by atoms with van der Waals surface area (Å²) in [4.78, 5) is 35.4. The van der Waals surface area contributed by atoms with Crippen molar-refractivity contribution in [3.63, 3.8) is 0 Å². The fraction of sp³-hybridized carbons (Fsp3) is 0.421. The molecule has 6 heteroatoms. The number of hydrogen-bond donors (Lipinski definition) is 1. The second-order valence-electron chi connectivity index (χ2n) is 6.27. The molecule has 1 saturated heterocycles. The lowest BCUT2D eigenvalue weighted by atomic mass is 9.85. The average molecular weight is 346 g/mol. The van der Waals surface area contributed by atoms with Crippen molar-refractivity contribution in [2.24, 2.45) is 5.92 Å². The first-order valence-corrected chi connectivity index (χ1v) is 8.08. The molecule has 25 heavy (non-hydrogen) atoms. The molecule has 0 bridgehead atoms. The van der Waals surface area contributed by atoms with Crippen LogP contribution in [0.5, 0.6) is 0 Å². The van der Waals surface area contributed by atoms with Gasteiger partial charge in [0.25, 0.3) is 0 Å². The summed E-state index contributed by atoms with van der Waals surface area (Å²) in [5.41, 5.74) is 1.55. The molecular weight excluding hydrogens is 324 g/mol. The Morgan fingerprint density at radius 1 is 1.52 bits per heavy atom. The number of fused-ring (bicyclic) bond motifs is 1. The van der Waals surface area contributed by atoms with E-state index in [2.05, 4.69) is 13.2 Å². The molecule has 3 atom stereocenters. The number of hydrogen-bond acceptors (Lipinski definition) is 6. The van der Waals surface area contributed by atoms with Gasteiger partial charge in [-0.3, -0.25) is 4.79 Å². The fourth-order valence-corrected chi connectivity index (χ4v) is 2.96. The molecule has 6 nitrogen and oxygen atoms in total. The van der Waals surface area contributed by atoms with Gasteiger partial charge in [-0.1, -0.05) is 19.2 Å². The molecule has 2 aliphatic rings. The molecule has 0 radical (unpaired) electrons. The lowest BCUT2D eigenvalue weighted by Gasteiger charge is -2.27. The summed E-state index contributed by atoms with van der Waals surface area (Å²) in [5, 5.41) is 9.51. The Kier molecular flexibility index (Phi) is 6.09. The average Bonchev–Trinajstić information content (AvgIpc) is 2.85. The number of aliphatic hydroxyl groups is 1. The van der Waals surface area contributed by atoms with E-state index in [4.69, 9.17) is 9.47 Å². The van der Waals surface area contributed by atoms with Crippen LogP contribution in [0.4, 0.5) is 0 Å². The number of carbonyl (C=O) groups is 3.